The van der Waals surface area contributed by atoms with Crippen molar-refractivity contribution < 1.29 is 4.21 Å². The Kier molecular flexibility index (Phi) is 5.95. The van der Waals surface area contributed by atoms with Crippen LogP contribution in [0.2, 0.25) is 0 Å². The van der Waals surface area contributed by atoms with Crippen LogP contribution in [0.1, 0.15) is 29.9 Å². The van der Waals surface area contributed by atoms with Crippen LogP contribution in [0.15, 0.2) is 24.5 Å². The maximum Gasteiger partial charge on any atom is 0.106 e. The van der Waals surface area contributed by atoms with Crippen molar-refractivity contribution in [3.63, 3.8) is 0 Å². The molecule has 84 valence electrons. The molecule has 0 bridgehead atoms. The molecule has 2 unspecified atom stereocenters. The average molecular weight is 243 g/mol. The van der Waals surface area contributed by atoms with Gasteiger partial charge in [-0.15, -0.1) is 11.8 Å². The van der Waals surface area contributed by atoms with Crippen molar-refractivity contribution in [2.24, 2.45) is 0 Å². The van der Waals surface area contributed by atoms with Crippen molar-refractivity contribution >= 4 is 22.6 Å². The second-order valence-electron chi connectivity index (χ2n) is 3.29. The third kappa shape index (κ3) is 3.95. The molecule has 0 saturated heterocycles. The van der Waals surface area contributed by atoms with Crippen LogP contribution in [0, 0.1) is 0 Å². The molecule has 0 saturated carbocycles. The van der Waals surface area contributed by atoms with Gasteiger partial charge in [0.05, 0.1) is 0 Å². The summed E-state index contributed by atoms with van der Waals surface area (Å²) in [7, 11) is -0.786. The van der Waals surface area contributed by atoms with E-state index in [4.69, 9.17) is 0 Å². The number of aromatic nitrogens is 1. The highest BCUT2D eigenvalue weighted by atomic mass is 32.2. The summed E-state index contributed by atoms with van der Waals surface area (Å²) < 4.78 is 12.1. The normalized spacial score (nSPS) is 14.8. The summed E-state index contributed by atoms with van der Waals surface area (Å²) in [5.41, 5.74) is 1.07. The van der Waals surface area contributed by atoms with Crippen molar-refractivity contribution in [2.45, 2.75) is 24.3 Å². The van der Waals surface area contributed by atoms with Crippen LogP contribution in [0.5, 0.6) is 0 Å². The Morgan fingerprint density at radius 2 is 2.40 bits per heavy atom. The Morgan fingerprint density at radius 1 is 1.60 bits per heavy atom. The first kappa shape index (κ1) is 12.7. The van der Waals surface area contributed by atoms with Crippen LogP contribution in [0.25, 0.3) is 0 Å². The number of unbranched alkanes of at least 4 members (excludes halogenated alkanes) is 1. The van der Waals surface area contributed by atoms with Crippen molar-refractivity contribution in [3.05, 3.63) is 30.1 Å². The summed E-state index contributed by atoms with van der Waals surface area (Å²) >= 11 is 1.64. The fourth-order valence-corrected chi connectivity index (χ4v) is 4.09. The number of hydrogen-bond donors (Lipinski definition) is 0. The van der Waals surface area contributed by atoms with Gasteiger partial charge in [0.25, 0.3) is 0 Å². The summed E-state index contributed by atoms with van der Waals surface area (Å²) in [5.74, 6) is 0.789. The van der Waals surface area contributed by atoms with E-state index in [1.807, 2.05) is 24.6 Å². The van der Waals surface area contributed by atoms with Crippen LogP contribution < -0.4 is 0 Å². The van der Waals surface area contributed by atoms with Gasteiger partial charge in [-0.1, -0.05) is 19.4 Å². The second kappa shape index (κ2) is 7.01. The zero-order valence-electron chi connectivity index (χ0n) is 9.18. The van der Waals surface area contributed by atoms with E-state index in [0.717, 1.165) is 24.2 Å². The van der Waals surface area contributed by atoms with Gasteiger partial charge in [-0.3, -0.25) is 9.19 Å². The second-order valence-corrected chi connectivity index (χ2v) is 6.17. The minimum Gasteiger partial charge on any atom is -0.264 e. The molecule has 0 aliphatic heterocycles. The van der Waals surface area contributed by atoms with Crippen LogP contribution in [-0.4, -0.2) is 21.2 Å². The standard InChI is InChI=1S/C11H17NOS2/c1-3-4-8-15(13)11(14-2)10-6-5-7-12-9-10/h5-7,9,11H,3-4,8H2,1-2H3. The van der Waals surface area contributed by atoms with E-state index < -0.39 is 10.8 Å². The average Bonchev–Trinajstić information content (AvgIpc) is 2.29. The van der Waals surface area contributed by atoms with Crippen LogP contribution >= 0.6 is 11.8 Å². The van der Waals surface area contributed by atoms with Crippen molar-refractivity contribution in [3.8, 4) is 0 Å². The fourth-order valence-electron chi connectivity index (χ4n) is 1.30. The summed E-state index contributed by atoms with van der Waals surface area (Å²) in [6, 6.07) is 3.90. The van der Waals surface area contributed by atoms with E-state index in [-0.39, 0.29) is 4.58 Å². The van der Waals surface area contributed by atoms with E-state index in [1.165, 1.54) is 0 Å². The largest absolute Gasteiger partial charge is 0.264 e. The highest BCUT2D eigenvalue weighted by Crippen LogP contribution is 2.30. The summed E-state index contributed by atoms with van der Waals surface area (Å²) in [4.78, 5) is 4.07. The lowest BCUT2D eigenvalue weighted by molar-refractivity contribution is 0.678. The molecule has 1 aromatic heterocycles. The highest BCUT2D eigenvalue weighted by Gasteiger charge is 2.16. The molecule has 0 aliphatic carbocycles. The maximum absolute atomic E-state index is 12.0. The number of thioether (sulfide) groups is 1. The number of pyridine rings is 1. The van der Waals surface area contributed by atoms with E-state index in [9.17, 15) is 4.21 Å². The van der Waals surface area contributed by atoms with Gasteiger partial charge in [0.15, 0.2) is 0 Å². The quantitative estimate of drug-likeness (QED) is 0.769. The van der Waals surface area contributed by atoms with Crippen LogP contribution in [-0.2, 0) is 10.8 Å². The predicted molar refractivity (Wildman–Crippen MR) is 68.4 cm³/mol. The molecule has 1 aromatic rings. The summed E-state index contributed by atoms with van der Waals surface area (Å²) in [5, 5.41) is 0. The lowest BCUT2D eigenvalue weighted by Crippen LogP contribution is -2.06. The molecule has 0 N–H and O–H groups in total. The van der Waals surface area contributed by atoms with Gasteiger partial charge in [0, 0.05) is 28.9 Å². The molecular formula is C11H17NOS2. The molecule has 1 rings (SSSR count). The molecule has 0 aromatic carbocycles. The molecule has 1 heterocycles. The minimum atomic E-state index is -0.786. The number of hydrogen-bond acceptors (Lipinski definition) is 3. The van der Waals surface area contributed by atoms with Gasteiger partial charge in [0.2, 0.25) is 0 Å². The van der Waals surface area contributed by atoms with E-state index in [2.05, 4.69) is 11.9 Å². The third-order valence-electron chi connectivity index (χ3n) is 2.11. The monoisotopic (exact) mass is 243 g/mol. The molecule has 0 spiro atoms. The lowest BCUT2D eigenvalue weighted by Gasteiger charge is -2.13. The Balaban J connectivity index is 2.67. The van der Waals surface area contributed by atoms with Crippen molar-refractivity contribution in [1.29, 1.82) is 0 Å². The smallest absolute Gasteiger partial charge is 0.106 e. The van der Waals surface area contributed by atoms with E-state index in [1.54, 1.807) is 18.0 Å². The fraction of sp³-hybridized carbons (Fsp3) is 0.545. The van der Waals surface area contributed by atoms with Crippen molar-refractivity contribution in [2.75, 3.05) is 12.0 Å². The Labute approximate surface area is 98.3 Å². The Morgan fingerprint density at radius 3 is 2.93 bits per heavy atom. The van der Waals surface area contributed by atoms with Gasteiger partial charge in [-0.25, -0.2) is 0 Å². The molecule has 2 nitrogen and oxygen atoms in total. The zero-order chi connectivity index (χ0) is 11.1. The molecule has 0 fully saturated rings. The van der Waals surface area contributed by atoms with Gasteiger partial charge >= 0.3 is 0 Å². The Bertz CT molecular complexity index is 303. The number of rotatable bonds is 6. The first-order chi connectivity index (χ1) is 7.29. The molecule has 0 aliphatic rings. The summed E-state index contributed by atoms with van der Waals surface area (Å²) in [6.45, 7) is 2.12. The molecule has 0 radical (unpaired) electrons. The Hall–Kier alpha value is -0.350. The van der Waals surface area contributed by atoms with E-state index >= 15 is 0 Å². The molecule has 0 amide bonds. The van der Waals surface area contributed by atoms with Gasteiger partial charge < -0.3 is 0 Å². The van der Waals surface area contributed by atoms with Gasteiger partial charge in [-0.2, -0.15) is 0 Å². The van der Waals surface area contributed by atoms with Crippen molar-refractivity contribution in [1.82, 2.24) is 4.98 Å². The van der Waals surface area contributed by atoms with Crippen LogP contribution in [0.3, 0.4) is 0 Å². The first-order valence-electron chi connectivity index (χ1n) is 5.09. The molecular weight excluding hydrogens is 226 g/mol. The SMILES string of the molecule is CCCCS(=O)C(SC)c1cccnc1. The lowest BCUT2D eigenvalue weighted by atomic mass is 10.3. The van der Waals surface area contributed by atoms with E-state index in [0.29, 0.717) is 0 Å². The van der Waals surface area contributed by atoms with Crippen LogP contribution in [0.4, 0.5) is 0 Å². The molecule has 15 heavy (non-hydrogen) atoms. The highest BCUT2D eigenvalue weighted by molar-refractivity contribution is 8.10. The first-order valence-corrected chi connectivity index (χ1v) is 7.76. The predicted octanol–water partition coefficient (Wildman–Crippen LogP) is 2.99. The molecule has 4 heteroatoms. The summed E-state index contributed by atoms with van der Waals surface area (Å²) in [6.07, 6.45) is 7.69. The topological polar surface area (TPSA) is 30.0 Å². The zero-order valence-corrected chi connectivity index (χ0v) is 10.8. The van der Waals surface area contributed by atoms with Gasteiger partial charge in [0.1, 0.15) is 4.58 Å². The van der Waals surface area contributed by atoms with Gasteiger partial charge in [-0.05, 0) is 24.3 Å². The molecule has 2 atom stereocenters. The number of nitrogens with zero attached hydrogens (tertiary/aromatic N) is 1. The minimum absolute atomic E-state index is 0.0743. The third-order valence-corrected chi connectivity index (χ3v) is 5.47. The maximum atomic E-state index is 12.0.